The van der Waals surface area contributed by atoms with Crippen molar-refractivity contribution in [2.45, 2.75) is 38.9 Å². The summed E-state index contributed by atoms with van der Waals surface area (Å²) in [7, 11) is 0. The maximum absolute atomic E-state index is 12.1. The summed E-state index contributed by atoms with van der Waals surface area (Å²) in [6, 6.07) is 7.20. The number of nitrogens with zero attached hydrogens (tertiary/aromatic N) is 4. The molecule has 1 unspecified atom stereocenters. The van der Waals surface area contributed by atoms with Crippen molar-refractivity contribution in [3.63, 3.8) is 0 Å². The van der Waals surface area contributed by atoms with E-state index in [4.69, 9.17) is 0 Å². The summed E-state index contributed by atoms with van der Waals surface area (Å²) < 4.78 is 1.67. The van der Waals surface area contributed by atoms with E-state index in [1.54, 1.807) is 11.0 Å². The Morgan fingerprint density at radius 2 is 2.28 bits per heavy atom. The highest BCUT2D eigenvalue weighted by Gasteiger charge is 2.20. The number of anilines is 1. The summed E-state index contributed by atoms with van der Waals surface area (Å²) in [6.45, 7) is 3.83. The van der Waals surface area contributed by atoms with Crippen molar-refractivity contribution in [2.24, 2.45) is 0 Å². The second-order valence-electron chi connectivity index (χ2n) is 6.24. The van der Waals surface area contributed by atoms with Crippen molar-refractivity contribution in [3.8, 4) is 0 Å². The minimum Gasteiger partial charge on any atom is -0.338 e. The molecule has 0 bridgehead atoms. The van der Waals surface area contributed by atoms with E-state index in [1.807, 2.05) is 36.1 Å². The monoisotopic (exact) mass is 342 g/mol. The third-order valence-corrected chi connectivity index (χ3v) is 4.03. The Kier molecular flexibility index (Phi) is 5.27. The van der Waals surface area contributed by atoms with Crippen LogP contribution in [-0.2, 0) is 17.9 Å². The number of likely N-dealkylation sites (tertiary alicyclic amines) is 1. The lowest BCUT2D eigenvalue weighted by molar-refractivity contribution is -0.128. The zero-order valence-corrected chi connectivity index (χ0v) is 14.2. The van der Waals surface area contributed by atoms with Gasteiger partial charge >= 0.3 is 6.03 Å². The van der Waals surface area contributed by atoms with Crippen molar-refractivity contribution >= 4 is 17.6 Å². The number of rotatable bonds is 6. The van der Waals surface area contributed by atoms with Gasteiger partial charge in [0, 0.05) is 31.2 Å². The van der Waals surface area contributed by atoms with Gasteiger partial charge in [0.05, 0.1) is 6.54 Å². The normalized spacial score (nSPS) is 15.2. The largest absolute Gasteiger partial charge is 0.338 e. The average Bonchev–Trinajstić information content (AvgIpc) is 3.20. The van der Waals surface area contributed by atoms with Gasteiger partial charge in [-0.25, -0.2) is 9.78 Å². The minimum atomic E-state index is -0.276. The summed E-state index contributed by atoms with van der Waals surface area (Å²) in [6.07, 6.45) is 4.62. The van der Waals surface area contributed by atoms with Crippen LogP contribution in [0.5, 0.6) is 0 Å². The third-order valence-electron chi connectivity index (χ3n) is 4.03. The first kappa shape index (κ1) is 16.9. The van der Waals surface area contributed by atoms with Crippen LogP contribution < -0.4 is 10.6 Å². The van der Waals surface area contributed by atoms with Gasteiger partial charge in [0.15, 0.2) is 0 Å². The number of urea groups is 1. The number of amides is 3. The van der Waals surface area contributed by atoms with Crippen molar-refractivity contribution in [1.82, 2.24) is 25.0 Å². The molecule has 2 aromatic rings. The molecule has 1 saturated heterocycles. The highest BCUT2D eigenvalue weighted by Crippen LogP contribution is 2.17. The summed E-state index contributed by atoms with van der Waals surface area (Å²) in [4.78, 5) is 29.6. The topological polar surface area (TPSA) is 92.2 Å². The molecule has 25 heavy (non-hydrogen) atoms. The molecule has 132 valence electrons. The Bertz CT molecular complexity index is 730. The van der Waals surface area contributed by atoms with Gasteiger partial charge in [-0.2, -0.15) is 5.10 Å². The molecule has 1 atom stereocenters. The van der Waals surface area contributed by atoms with Crippen LogP contribution in [0.3, 0.4) is 0 Å². The molecule has 1 fully saturated rings. The van der Waals surface area contributed by atoms with E-state index in [2.05, 4.69) is 20.7 Å². The van der Waals surface area contributed by atoms with Crippen LogP contribution in [0.25, 0.3) is 0 Å². The Morgan fingerprint density at radius 3 is 3.00 bits per heavy atom. The molecule has 0 aliphatic carbocycles. The molecule has 3 amide bonds. The predicted molar refractivity (Wildman–Crippen MR) is 92.7 cm³/mol. The Morgan fingerprint density at radius 1 is 1.40 bits per heavy atom. The smallest absolute Gasteiger partial charge is 0.319 e. The Balaban J connectivity index is 1.52. The van der Waals surface area contributed by atoms with E-state index in [1.165, 1.54) is 6.33 Å². The summed E-state index contributed by atoms with van der Waals surface area (Å²) in [5.41, 5.74) is 1.71. The van der Waals surface area contributed by atoms with Gasteiger partial charge in [-0.15, -0.1) is 0 Å². The summed E-state index contributed by atoms with van der Waals surface area (Å²) in [5.74, 6) is 0.193. The van der Waals surface area contributed by atoms with Gasteiger partial charge in [-0.05, 0) is 31.0 Å². The quantitative estimate of drug-likeness (QED) is 0.834. The van der Waals surface area contributed by atoms with Crippen LogP contribution in [0.2, 0.25) is 0 Å². The number of carbonyl (C=O) groups is 2. The van der Waals surface area contributed by atoms with Gasteiger partial charge in [0.25, 0.3) is 0 Å². The maximum Gasteiger partial charge on any atom is 0.319 e. The van der Waals surface area contributed by atoms with Crippen LogP contribution in [0.15, 0.2) is 36.9 Å². The van der Waals surface area contributed by atoms with Crippen LogP contribution >= 0.6 is 0 Å². The fourth-order valence-corrected chi connectivity index (χ4v) is 2.88. The first-order valence-corrected chi connectivity index (χ1v) is 8.37. The summed E-state index contributed by atoms with van der Waals surface area (Å²) in [5, 5.41) is 9.71. The number of carbonyl (C=O) groups excluding carboxylic acids is 2. The van der Waals surface area contributed by atoms with Crippen LogP contribution in [0.1, 0.15) is 25.3 Å². The third kappa shape index (κ3) is 4.79. The van der Waals surface area contributed by atoms with Crippen LogP contribution in [-0.4, -0.2) is 44.2 Å². The van der Waals surface area contributed by atoms with E-state index in [9.17, 15) is 9.59 Å². The molecule has 1 aromatic carbocycles. The highest BCUT2D eigenvalue weighted by atomic mass is 16.2. The second-order valence-corrected chi connectivity index (χ2v) is 6.24. The molecule has 8 heteroatoms. The predicted octanol–water partition coefficient (Wildman–Crippen LogP) is 1.61. The molecule has 0 spiro atoms. The fraction of sp³-hybridized carbons (Fsp3) is 0.412. The van der Waals surface area contributed by atoms with E-state index < -0.39 is 0 Å². The first-order chi connectivity index (χ1) is 12.1. The van der Waals surface area contributed by atoms with E-state index >= 15 is 0 Å². The molecule has 0 saturated carbocycles. The number of hydrogen-bond donors (Lipinski definition) is 2. The minimum absolute atomic E-state index is 0.0906. The maximum atomic E-state index is 12.1. The van der Waals surface area contributed by atoms with Crippen molar-refractivity contribution in [1.29, 1.82) is 0 Å². The summed E-state index contributed by atoms with van der Waals surface area (Å²) >= 11 is 0. The number of hydrogen-bond acceptors (Lipinski definition) is 4. The average molecular weight is 342 g/mol. The lowest BCUT2D eigenvalue weighted by atomic mass is 10.2. The standard InChI is InChI=1S/C17H22N6O2/c1-13(9-23-12-18-11-19-23)20-17(25)21-15-5-2-4-14(8-15)10-22-7-3-6-16(22)24/h2,4-5,8,11-13H,3,6-7,9-10H2,1H3,(H2,20,21,25). The van der Waals surface area contributed by atoms with Crippen LogP contribution in [0, 0.1) is 0 Å². The van der Waals surface area contributed by atoms with Crippen molar-refractivity contribution in [3.05, 3.63) is 42.5 Å². The molecular formula is C17H22N6O2. The number of nitrogens with one attached hydrogen (secondary N) is 2. The molecule has 1 aliphatic rings. The fourth-order valence-electron chi connectivity index (χ4n) is 2.88. The van der Waals surface area contributed by atoms with Gasteiger partial charge in [-0.1, -0.05) is 12.1 Å². The molecule has 0 radical (unpaired) electrons. The number of aromatic nitrogens is 3. The first-order valence-electron chi connectivity index (χ1n) is 8.37. The van der Waals surface area contributed by atoms with Gasteiger partial charge in [-0.3, -0.25) is 9.48 Å². The molecule has 1 aromatic heterocycles. The van der Waals surface area contributed by atoms with E-state index in [0.29, 0.717) is 25.2 Å². The van der Waals surface area contributed by atoms with Gasteiger partial charge in [0.1, 0.15) is 12.7 Å². The molecule has 1 aliphatic heterocycles. The lowest BCUT2D eigenvalue weighted by Crippen LogP contribution is -2.38. The zero-order valence-electron chi connectivity index (χ0n) is 14.2. The number of benzene rings is 1. The van der Waals surface area contributed by atoms with E-state index in [0.717, 1.165) is 18.5 Å². The van der Waals surface area contributed by atoms with E-state index in [-0.39, 0.29) is 18.0 Å². The molecule has 3 rings (SSSR count). The van der Waals surface area contributed by atoms with Crippen LogP contribution in [0.4, 0.5) is 10.5 Å². The highest BCUT2D eigenvalue weighted by molar-refractivity contribution is 5.89. The molecule has 8 nitrogen and oxygen atoms in total. The second kappa shape index (κ2) is 7.78. The molecular weight excluding hydrogens is 320 g/mol. The lowest BCUT2D eigenvalue weighted by Gasteiger charge is -2.17. The van der Waals surface area contributed by atoms with Crippen molar-refractivity contribution < 1.29 is 9.59 Å². The Labute approximate surface area is 146 Å². The van der Waals surface area contributed by atoms with Crippen molar-refractivity contribution in [2.75, 3.05) is 11.9 Å². The van der Waals surface area contributed by atoms with Gasteiger partial charge < -0.3 is 15.5 Å². The van der Waals surface area contributed by atoms with Gasteiger partial charge in [0.2, 0.25) is 5.91 Å². The Hall–Kier alpha value is -2.90. The zero-order chi connectivity index (χ0) is 17.6. The SMILES string of the molecule is CC(Cn1cncn1)NC(=O)Nc1cccc(CN2CCCC2=O)c1. The molecule has 2 N–H and O–H groups in total. The molecule has 2 heterocycles.